The lowest BCUT2D eigenvalue weighted by Gasteiger charge is -2.22. The Morgan fingerprint density at radius 3 is 2.29 bits per heavy atom. The monoisotopic (exact) mass is 345 g/mol. The Kier molecular flexibility index (Phi) is 6.36. The molecule has 1 unspecified atom stereocenters. The molecule has 4 heteroatoms. The van der Waals surface area contributed by atoms with Gasteiger partial charge >= 0.3 is 0 Å². The van der Waals surface area contributed by atoms with Gasteiger partial charge in [0.15, 0.2) is 5.15 Å². The molecule has 2 aromatic rings. The molecule has 1 heterocycles. The lowest BCUT2D eigenvalue weighted by Crippen LogP contribution is -2.25. The third-order valence-electron chi connectivity index (χ3n) is 4.17. The zero-order valence-corrected chi connectivity index (χ0v) is 16.1. The quantitative estimate of drug-likeness (QED) is 0.757. The van der Waals surface area contributed by atoms with E-state index in [1.165, 1.54) is 11.1 Å². The molecule has 0 fully saturated rings. The summed E-state index contributed by atoms with van der Waals surface area (Å²) in [5.41, 5.74) is 3.82. The molecule has 0 radical (unpaired) electrons. The van der Waals surface area contributed by atoms with Crippen LogP contribution < -0.4 is 0 Å². The highest BCUT2D eigenvalue weighted by atomic mass is 35.5. The molecule has 0 bridgehead atoms. The van der Waals surface area contributed by atoms with Crippen molar-refractivity contribution >= 4 is 11.6 Å². The van der Waals surface area contributed by atoms with Crippen LogP contribution in [0.15, 0.2) is 36.7 Å². The zero-order chi connectivity index (χ0) is 17.7. The fourth-order valence-corrected chi connectivity index (χ4v) is 3.08. The molecule has 0 N–H and O–H groups in total. The summed E-state index contributed by atoms with van der Waals surface area (Å²) in [4.78, 5) is 10.6. The predicted octanol–water partition coefficient (Wildman–Crippen LogP) is 4.74. The Balaban J connectivity index is 1.88. The Bertz CT molecular complexity index is 647. The van der Waals surface area contributed by atoms with Crippen LogP contribution in [0.3, 0.4) is 0 Å². The summed E-state index contributed by atoms with van der Waals surface area (Å²) in [6.07, 6.45) is 4.38. The Morgan fingerprint density at radius 1 is 1.08 bits per heavy atom. The number of hydrogen-bond donors (Lipinski definition) is 0. The smallest absolute Gasteiger partial charge is 0.151 e. The highest BCUT2D eigenvalue weighted by Gasteiger charge is 2.14. The number of halogens is 1. The van der Waals surface area contributed by atoms with E-state index in [0.717, 1.165) is 25.2 Å². The van der Waals surface area contributed by atoms with Gasteiger partial charge < -0.3 is 4.90 Å². The summed E-state index contributed by atoms with van der Waals surface area (Å²) in [5.74, 6) is 0.561. The first-order chi connectivity index (χ1) is 11.3. The van der Waals surface area contributed by atoms with Crippen LogP contribution in [0.25, 0.3) is 0 Å². The SMILES string of the molecule is CC(Cc1ccc(C(C)(C)C)cc1)CN(C)Cc1nccnc1Cl. The van der Waals surface area contributed by atoms with Gasteiger partial charge in [0.1, 0.15) is 0 Å². The summed E-state index contributed by atoms with van der Waals surface area (Å²) in [6, 6.07) is 9.03. The summed E-state index contributed by atoms with van der Waals surface area (Å²) in [5, 5.41) is 0.495. The van der Waals surface area contributed by atoms with Crippen molar-refractivity contribution in [1.82, 2.24) is 14.9 Å². The van der Waals surface area contributed by atoms with E-state index < -0.39 is 0 Å². The van der Waals surface area contributed by atoms with Crippen molar-refractivity contribution in [3.8, 4) is 0 Å². The summed E-state index contributed by atoms with van der Waals surface area (Å²) < 4.78 is 0. The van der Waals surface area contributed by atoms with Gasteiger partial charge in [-0.1, -0.05) is 63.6 Å². The standard InChI is InChI=1S/C20H28ClN3/c1-15(12-16-6-8-17(9-7-16)20(2,3)4)13-24(5)14-18-19(21)23-11-10-22-18/h6-11,15H,12-14H2,1-5H3. The molecule has 1 aromatic carbocycles. The van der Waals surface area contributed by atoms with Gasteiger partial charge in [0.05, 0.1) is 5.69 Å². The van der Waals surface area contributed by atoms with Crippen LogP contribution in [0.5, 0.6) is 0 Å². The maximum Gasteiger partial charge on any atom is 0.151 e. The molecule has 1 aromatic heterocycles. The first kappa shape index (κ1) is 18.9. The fraction of sp³-hybridized carbons (Fsp3) is 0.500. The average Bonchev–Trinajstić information content (AvgIpc) is 2.49. The van der Waals surface area contributed by atoms with Crippen LogP contribution in [0.1, 0.15) is 44.5 Å². The van der Waals surface area contributed by atoms with Gasteiger partial charge in [-0.3, -0.25) is 4.98 Å². The van der Waals surface area contributed by atoms with Gasteiger partial charge in [-0.25, -0.2) is 4.98 Å². The second kappa shape index (κ2) is 8.09. The van der Waals surface area contributed by atoms with Crippen molar-refractivity contribution in [2.75, 3.05) is 13.6 Å². The molecule has 1 atom stereocenters. The molecule has 0 spiro atoms. The van der Waals surface area contributed by atoms with E-state index in [-0.39, 0.29) is 5.41 Å². The largest absolute Gasteiger partial charge is 0.300 e. The van der Waals surface area contributed by atoms with Crippen molar-refractivity contribution in [1.29, 1.82) is 0 Å². The Labute approximate surface area is 151 Å². The zero-order valence-electron chi connectivity index (χ0n) is 15.4. The minimum Gasteiger partial charge on any atom is -0.300 e. The second-order valence-electron chi connectivity index (χ2n) is 7.75. The van der Waals surface area contributed by atoms with Gasteiger partial charge in [0, 0.05) is 25.5 Å². The lowest BCUT2D eigenvalue weighted by atomic mass is 9.86. The van der Waals surface area contributed by atoms with Crippen LogP contribution in [0.2, 0.25) is 5.15 Å². The average molecular weight is 346 g/mol. The van der Waals surface area contributed by atoms with E-state index in [4.69, 9.17) is 11.6 Å². The summed E-state index contributed by atoms with van der Waals surface area (Å²) in [7, 11) is 2.10. The summed E-state index contributed by atoms with van der Waals surface area (Å²) >= 11 is 6.09. The normalized spacial score (nSPS) is 13.3. The molecule has 130 valence electrons. The van der Waals surface area contributed by atoms with E-state index in [1.807, 2.05) is 0 Å². The van der Waals surface area contributed by atoms with E-state index in [2.05, 4.69) is 73.9 Å². The number of hydrogen-bond acceptors (Lipinski definition) is 3. The number of nitrogens with zero attached hydrogens (tertiary/aromatic N) is 3. The number of benzene rings is 1. The molecule has 2 rings (SSSR count). The van der Waals surface area contributed by atoms with E-state index >= 15 is 0 Å². The van der Waals surface area contributed by atoms with Gasteiger partial charge in [0.2, 0.25) is 0 Å². The van der Waals surface area contributed by atoms with Gasteiger partial charge in [0.25, 0.3) is 0 Å². The number of rotatable bonds is 6. The van der Waals surface area contributed by atoms with Crippen molar-refractivity contribution in [2.24, 2.45) is 5.92 Å². The Morgan fingerprint density at radius 2 is 1.71 bits per heavy atom. The topological polar surface area (TPSA) is 29.0 Å². The summed E-state index contributed by atoms with van der Waals surface area (Å²) in [6.45, 7) is 10.7. The highest BCUT2D eigenvalue weighted by Crippen LogP contribution is 2.23. The maximum atomic E-state index is 6.09. The van der Waals surface area contributed by atoms with E-state index in [0.29, 0.717) is 11.1 Å². The van der Waals surface area contributed by atoms with E-state index in [1.54, 1.807) is 12.4 Å². The van der Waals surface area contributed by atoms with E-state index in [9.17, 15) is 0 Å². The predicted molar refractivity (Wildman–Crippen MR) is 101 cm³/mol. The lowest BCUT2D eigenvalue weighted by molar-refractivity contribution is 0.275. The molecule has 24 heavy (non-hydrogen) atoms. The Hall–Kier alpha value is -1.45. The second-order valence-corrected chi connectivity index (χ2v) is 8.10. The van der Waals surface area contributed by atoms with Gasteiger partial charge in [-0.2, -0.15) is 0 Å². The minimum absolute atomic E-state index is 0.209. The van der Waals surface area contributed by atoms with Crippen molar-refractivity contribution in [2.45, 2.75) is 46.1 Å². The van der Waals surface area contributed by atoms with Crippen LogP contribution in [0, 0.1) is 5.92 Å². The highest BCUT2D eigenvalue weighted by molar-refractivity contribution is 6.29. The number of aromatic nitrogens is 2. The first-order valence-corrected chi connectivity index (χ1v) is 8.87. The van der Waals surface area contributed by atoms with Crippen LogP contribution >= 0.6 is 11.6 Å². The van der Waals surface area contributed by atoms with Crippen LogP contribution in [-0.2, 0) is 18.4 Å². The third-order valence-corrected chi connectivity index (χ3v) is 4.49. The first-order valence-electron chi connectivity index (χ1n) is 8.49. The molecule has 0 aliphatic rings. The molecule has 0 amide bonds. The van der Waals surface area contributed by atoms with Crippen LogP contribution in [-0.4, -0.2) is 28.5 Å². The molecule has 0 aliphatic carbocycles. The fourth-order valence-electron chi connectivity index (χ4n) is 2.92. The maximum absolute atomic E-state index is 6.09. The molecular weight excluding hydrogens is 318 g/mol. The van der Waals surface area contributed by atoms with Gasteiger partial charge in [-0.05, 0) is 35.9 Å². The molecule has 0 aliphatic heterocycles. The molecule has 0 saturated carbocycles. The minimum atomic E-state index is 0.209. The van der Waals surface area contributed by atoms with Gasteiger partial charge in [-0.15, -0.1) is 0 Å². The molecule has 0 saturated heterocycles. The third kappa shape index (κ3) is 5.57. The van der Waals surface area contributed by atoms with Crippen molar-refractivity contribution in [3.05, 3.63) is 58.6 Å². The van der Waals surface area contributed by atoms with Crippen molar-refractivity contribution < 1.29 is 0 Å². The van der Waals surface area contributed by atoms with Crippen LogP contribution in [0.4, 0.5) is 0 Å². The molecule has 3 nitrogen and oxygen atoms in total. The van der Waals surface area contributed by atoms with Crippen molar-refractivity contribution in [3.63, 3.8) is 0 Å². The molecular formula is C20H28ClN3.